The molecular formula is C13H26N2O. The van der Waals surface area contributed by atoms with Gasteiger partial charge in [0, 0.05) is 25.2 Å². The lowest BCUT2D eigenvalue weighted by Gasteiger charge is -2.44. The maximum atomic E-state index is 5.94. The van der Waals surface area contributed by atoms with Gasteiger partial charge in [-0.3, -0.25) is 4.90 Å². The van der Waals surface area contributed by atoms with E-state index in [1.165, 1.54) is 19.4 Å². The van der Waals surface area contributed by atoms with Gasteiger partial charge in [0.2, 0.25) is 0 Å². The highest BCUT2D eigenvalue weighted by Gasteiger charge is 2.36. The Bertz CT molecular complexity index is 246. The van der Waals surface area contributed by atoms with Crippen molar-refractivity contribution in [3.8, 4) is 0 Å². The van der Waals surface area contributed by atoms with Crippen LogP contribution in [0.2, 0.25) is 0 Å². The number of nitrogens with zero attached hydrogens (tertiary/aromatic N) is 1. The number of rotatable bonds is 2. The summed E-state index contributed by atoms with van der Waals surface area (Å²) >= 11 is 0. The Kier molecular flexibility index (Phi) is 3.30. The highest BCUT2D eigenvalue weighted by atomic mass is 16.5. The molecule has 94 valence electrons. The van der Waals surface area contributed by atoms with Crippen molar-refractivity contribution in [1.29, 1.82) is 0 Å². The van der Waals surface area contributed by atoms with Gasteiger partial charge in [0.25, 0.3) is 0 Å². The third-order valence-corrected chi connectivity index (χ3v) is 3.67. The minimum absolute atomic E-state index is 0.00658. The van der Waals surface area contributed by atoms with Crippen LogP contribution in [0.4, 0.5) is 0 Å². The van der Waals surface area contributed by atoms with Crippen LogP contribution in [-0.4, -0.2) is 48.3 Å². The lowest BCUT2D eigenvalue weighted by molar-refractivity contribution is -0.131. The van der Waals surface area contributed by atoms with E-state index in [4.69, 9.17) is 4.74 Å². The minimum Gasteiger partial charge on any atom is -0.370 e. The van der Waals surface area contributed by atoms with Gasteiger partial charge in [-0.05, 0) is 47.1 Å². The van der Waals surface area contributed by atoms with Gasteiger partial charge in [-0.15, -0.1) is 0 Å². The first-order valence-corrected chi connectivity index (χ1v) is 6.54. The van der Waals surface area contributed by atoms with E-state index in [1.807, 2.05) is 0 Å². The van der Waals surface area contributed by atoms with Gasteiger partial charge in [0.1, 0.15) is 0 Å². The van der Waals surface area contributed by atoms with E-state index in [2.05, 4.69) is 37.9 Å². The Hall–Kier alpha value is -0.120. The van der Waals surface area contributed by atoms with Gasteiger partial charge in [0.05, 0.1) is 11.7 Å². The van der Waals surface area contributed by atoms with Crippen LogP contribution in [0.5, 0.6) is 0 Å². The number of morpholine rings is 1. The van der Waals surface area contributed by atoms with Crippen LogP contribution < -0.4 is 5.32 Å². The number of nitrogens with one attached hydrogen (secondary N) is 1. The van der Waals surface area contributed by atoms with E-state index in [-0.39, 0.29) is 5.60 Å². The van der Waals surface area contributed by atoms with E-state index in [1.54, 1.807) is 0 Å². The fourth-order valence-electron chi connectivity index (χ4n) is 3.29. The highest BCUT2D eigenvalue weighted by Crippen LogP contribution is 2.25. The first-order chi connectivity index (χ1) is 7.39. The van der Waals surface area contributed by atoms with Crippen molar-refractivity contribution in [3.63, 3.8) is 0 Å². The molecule has 2 atom stereocenters. The van der Waals surface area contributed by atoms with Crippen LogP contribution >= 0.6 is 0 Å². The summed E-state index contributed by atoms with van der Waals surface area (Å²) in [6.45, 7) is 13.4. The zero-order valence-electron chi connectivity index (χ0n) is 11.2. The van der Waals surface area contributed by atoms with Crippen molar-refractivity contribution in [1.82, 2.24) is 10.2 Å². The Morgan fingerprint density at radius 2 is 2.12 bits per heavy atom. The zero-order valence-corrected chi connectivity index (χ0v) is 11.2. The Morgan fingerprint density at radius 1 is 1.38 bits per heavy atom. The normalized spacial score (nSPS) is 40.1. The van der Waals surface area contributed by atoms with Gasteiger partial charge in [-0.2, -0.15) is 0 Å². The van der Waals surface area contributed by atoms with Crippen LogP contribution in [-0.2, 0) is 4.74 Å². The standard InChI is InChI=1S/C13H26N2O/c1-11-8-15(9-12(2,3)16-11)10-13(4)6-5-7-14-13/h11,14H,5-10H2,1-4H3. The van der Waals surface area contributed by atoms with E-state index < -0.39 is 0 Å². The Morgan fingerprint density at radius 3 is 2.69 bits per heavy atom. The van der Waals surface area contributed by atoms with E-state index in [0.29, 0.717) is 11.6 Å². The first kappa shape index (κ1) is 12.3. The molecule has 2 aliphatic heterocycles. The quantitative estimate of drug-likeness (QED) is 0.774. The molecule has 0 aromatic rings. The number of hydrogen-bond donors (Lipinski definition) is 1. The van der Waals surface area contributed by atoms with Crippen LogP contribution in [0.15, 0.2) is 0 Å². The lowest BCUT2D eigenvalue weighted by atomic mass is 9.97. The molecule has 2 fully saturated rings. The third kappa shape index (κ3) is 2.96. The average molecular weight is 226 g/mol. The summed E-state index contributed by atoms with van der Waals surface area (Å²) in [6, 6.07) is 0. The predicted molar refractivity (Wildman–Crippen MR) is 66.7 cm³/mol. The Labute approximate surface area is 99.5 Å². The van der Waals surface area contributed by atoms with Gasteiger partial charge >= 0.3 is 0 Å². The van der Waals surface area contributed by atoms with Crippen molar-refractivity contribution in [2.75, 3.05) is 26.2 Å². The second-order valence-electron chi connectivity index (χ2n) is 6.45. The molecule has 0 amide bonds. The molecule has 16 heavy (non-hydrogen) atoms. The molecule has 0 aromatic carbocycles. The molecule has 1 N–H and O–H groups in total. The van der Waals surface area contributed by atoms with Crippen molar-refractivity contribution in [3.05, 3.63) is 0 Å². The number of hydrogen-bond acceptors (Lipinski definition) is 3. The van der Waals surface area contributed by atoms with Crippen LogP contribution in [0.25, 0.3) is 0 Å². The summed E-state index contributed by atoms with van der Waals surface area (Å²) in [5.74, 6) is 0. The summed E-state index contributed by atoms with van der Waals surface area (Å²) in [7, 11) is 0. The third-order valence-electron chi connectivity index (χ3n) is 3.67. The molecule has 0 aliphatic carbocycles. The molecule has 0 spiro atoms. The first-order valence-electron chi connectivity index (χ1n) is 6.54. The van der Waals surface area contributed by atoms with E-state index in [9.17, 15) is 0 Å². The van der Waals surface area contributed by atoms with E-state index >= 15 is 0 Å². The predicted octanol–water partition coefficient (Wildman–Crippen LogP) is 1.63. The second-order valence-corrected chi connectivity index (χ2v) is 6.45. The maximum Gasteiger partial charge on any atom is 0.0757 e. The second kappa shape index (κ2) is 4.28. The van der Waals surface area contributed by atoms with Crippen LogP contribution in [0, 0.1) is 0 Å². The van der Waals surface area contributed by atoms with E-state index in [0.717, 1.165) is 19.6 Å². The Balaban J connectivity index is 1.94. The van der Waals surface area contributed by atoms with Gasteiger partial charge in [-0.25, -0.2) is 0 Å². The molecule has 2 rings (SSSR count). The molecule has 0 bridgehead atoms. The summed E-state index contributed by atoms with van der Waals surface area (Å²) in [5, 5.41) is 3.64. The molecule has 0 saturated carbocycles. The monoisotopic (exact) mass is 226 g/mol. The fourth-order valence-corrected chi connectivity index (χ4v) is 3.29. The summed E-state index contributed by atoms with van der Waals surface area (Å²) in [4.78, 5) is 2.56. The van der Waals surface area contributed by atoms with Crippen LogP contribution in [0.1, 0.15) is 40.5 Å². The number of ether oxygens (including phenoxy) is 1. The molecule has 0 aromatic heterocycles. The van der Waals surface area contributed by atoms with Gasteiger partial charge < -0.3 is 10.1 Å². The molecule has 2 heterocycles. The SMILES string of the molecule is CC1CN(CC2(C)CCCN2)CC(C)(C)O1. The molecule has 3 nitrogen and oxygen atoms in total. The van der Waals surface area contributed by atoms with Crippen molar-refractivity contribution in [2.45, 2.75) is 57.8 Å². The fraction of sp³-hybridized carbons (Fsp3) is 1.00. The van der Waals surface area contributed by atoms with Gasteiger partial charge in [0.15, 0.2) is 0 Å². The molecule has 3 heteroatoms. The van der Waals surface area contributed by atoms with Gasteiger partial charge in [-0.1, -0.05) is 0 Å². The van der Waals surface area contributed by atoms with Crippen molar-refractivity contribution < 1.29 is 4.74 Å². The molecule has 2 unspecified atom stereocenters. The summed E-state index contributed by atoms with van der Waals surface area (Å²) in [6.07, 6.45) is 2.98. The highest BCUT2D eigenvalue weighted by molar-refractivity contribution is 4.94. The average Bonchev–Trinajstić information content (AvgIpc) is 2.47. The van der Waals surface area contributed by atoms with Crippen molar-refractivity contribution >= 4 is 0 Å². The minimum atomic E-state index is 0.00658. The van der Waals surface area contributed by atoms with Crippen molar-refractivity contribution in [2.24, 2.45) is 0 Å². The molecule has 2 saturated heterocycles. The summed E-state index contributed by atoms with van der Waals surface area (Å²) in [5.41, 5.74) is 0.333. The van der Waals surface area contributed by atoms with Crippen LogP contribution in [0.3, 0.4) is 0 Å². The molecular weight excluding hydrogens is 200 g/mol. The largest absolute Gasteiger partial charge is 0.370 e. The molecule has 0 radical (unpaired) electrons. The smallest absolute Gasteiger partial charge is 0.0757 e. The topological polar surface area (TPSA) is 24.5 Å². The lowest BCUT2D eigenvalue weighted by Crippen LogP contribution is -2.57. The maximum absolute atomic E-state index is 5.94. The zero-order chi connectivity index (χ0) is 11.8. The summed E-state index contributed by atoms with van der Waals surface area (Å²) < 4.78 is 5.94. The molecule has 2 aliphatic rings.